The van der Waals surface area contributed by atoms with Gasteiger partial charge in [0, 0.05) is 0 Å². The van der Waals surface area contributed by atoms with Gasteiger partial charge in [0.1, 0.15) is 12.3 Å². The number of carboxylic acid groups (broad SMARTS) is 1. The molecule has 3 atom stereocenters. The molecule has 1 amide bonds. The number of hydrogen-bond acceptors (Lipinski definition) is 5. The lowest BCUT2D eigenvalue weighted by atomic mass is 9.98. The molecule has 26 heavy (non-hydrogen) atoms. The highest BCUT2D eigenvalue weighted by atomic mass is 16.6. The molecule has 0 bridgehead atoms. The monoisotopic (exact) mass is 363 g/mol. The van der Waals surface area contributed by atoms with E-state index in [9.17, 15) is 14.7 Å². The van der Waals surface area contributed by atoms with E-state index in [4.69, 9.17) is 14.2 Å². The van der Waals surface area contributed by atoms with Crippen molar-refractivity contribution in [3.05, 3.63) is 35.9 Å². The van der Waals surface area contributed by atoms with Crippen LogP contribution in [0.3, 0.4) is 0 Å². The first-order valence-electron chi connectivity index (χ1n) is 8.91. The topological polar surface area (TPSA) is 85.3 Å². The predicted octanol–water partition coefficient (Wildman–Crippen LogP) is 2.78. The molecule has 2 saturated heterocycles. The Balaban J connectivity index is 1.69. The van der Waals surface area contributed by atoms with Gasteiger partial charge in [0.2, 0.25) is 0 Å². The third kappa shape index (κ3) is 3.99. The maximum atomic E-state index is 12.8. The van der Waals surface area contributed by atoms with E-state index in [1.807, 2.05) is 30.3 Å². The van der Waals surface area contributed by atoms with Gasteiger partial charge in [-0.05, 0) is 38.7 Å². The van der Waals surface area contributed by atoms with E-state index in [-0.39, 0.29) is 18.8 Å². The Morgan fingerprint density at radius 3 is 2.69 bits per heavy atom. The third-order valence-corrected chi connectivity index (χ3v) is 4.92. The Morgan fingerprint density at radius 1 is 1.27 bits per heavy atom. The molecule has 3 rings (SSSR count). The normalized spacial score (nSPS) is 27.9. The number of carboxylic acids is 1. The van der Waals surface area contributed by atoms with Gasteiger partial charge < -0.3 is 19.3 Å². The van der Waals surface area contributed by atoms with Crippen LogP contribution in [0, 0.1) is 0 Å². The minimum atomic E-state index is -0.967. The Hall–Kier alpha value is -2.12. The van der Waals surface area contributed by atoms with Crippen molar-refractivity contribution in [2.24, 2.45) is 0 Å². The second-order valence-corrected chi connectivity index (χ2v) is 7.17. The number of hydrogen-bond donors (Lipinski definition) is 1. The van der Waals surface area contributed by atoms with Gasteiger partial charge >= 0.3 is 12.1 Å². The zero-order valence-corrected chi connectivity index (χ0v) is 15.1. The summed E-state index contributed by atoms with van der Waals surface area (Å²) in [6.07, 6.45) is 0.223. The van der Waals surface area contributed by atoms with Crippen molar-refractivity contribution < 1.29 is 28.9 Å². The van der Waals surface area contributed by atoms with Gasteiger partial charge in [-0.25, -0.2) is 9.59 Å². The molecular formula is C19H25NO6. The molecule has 1 aromatic carbocycles. The fourth-order valence-electron chi connectivity index (χ4n) is 3.57. The van der Waals surface area contributed by atoms with Crippen LogP contribution >= 0.6 is 0 Å². The maximum absolute atomic E-state index is 12.8. The zero-order valence-electron chi connectivity index (χ0n) is 15.1. The van der Waals surface area contributed by atoms with Gasteiger partial charge in [-0.2, -0.15) is 0 Å². The molecule has 0 spiro atoms. The van der Waals surface area contributed by atoms with Crippen molar-refractivity contribution in [3.8, 4) is 0 Å². The molecule has 2 heterocycles. The number of benzene rings is 1. The molecule has 142 valence electrons. The van der Waals surface area contributed by atoms with Crippen LogP contribution in [-0.2, 0) is 25.6 Å². The van der Waals surface area contributed by atoms with Crippen molar-refractivity contribution in [3.63, 3.8) is 0 Å². The number of rotatable bonds is 4. The molecular weight excluding hydrogens is 338 g/mol. The van der Waals surface area contributed by atoms with Gasteiger partial charge in [-0.3, -0.25) is 4.90 Å². The smallest absolute Gasteiger partial charge is 0.412 e. The third-order valence-electron chi connectivity index (χ3n) is 4.92. The van der Waals surface area contributed by atoms with Crippen LogP contribution in [0.25, 0.3) is 0 Å². The molecule has 1 N–H and O–H groups in total. The van der Waals surface area contributed by atoms with Gasteiger partial charge in [0.15, 0.2) is 6.10 Å². The Bertz CT molecular complexity index is 647. The Labute approximate surface area is 152 Å². The van der Waals surface area contributed by atoms with E-state index in [0.29, 0.717) is 19.4 Å². The van der Waals surface area contributed by atoms with Crippen molar-refractivity contribution in [2.45, 2.75) is 63.7 Å². The molecule has 2 aliphatic heterocycles. The molecule has 0 saturated carbocycles. The molecule has 0 unspecified atom stereocenters. The van der Waals surface area contributed by atoms with Crippen LogP contribution in [0.4, 0.5) is 4.79 Å². The van der Waals surface area contributed by atoms with Crippen molar-refractivity contribution >= 4 is 12.1 Å². The SMILES string of the molecule is CC1(C)OC[C@@H]([C@H]2CCC[C@@H](C(=O)O)O2)N1C(=O)OCc1ccccc1. The van der Waals surface area contributed by atoms with Gasteiger partial charge in [-0.1, -0.05) is 30.3 Å². The average molecular weight is 363 g/mol. The quantitative estimate of drug-likeness (QED) is 0.885. The lowest BCUT2D eigenvalue weighted by molar-refractivity contribution is -0.162. The van der Waals surface area contributed by atoms with Crippen LogP contribution < -0.4 is 0 Å². The number of carbonyl (C=O) groups excluding carboxylic acids is 1. The van der Waals surface area contributed by atoms with Gasteiger partial charge in [0.05, 0.1) is 18.8 Å². The lowest BCUT2D eigenvalue weighted by Crippen LogP contribution is -2.54. The number of aliphatic carboxylic acids is 1. The summed E-state index contributed by atoms with van der Waals surface area (Å²) in [7, 11) is 0. The van der Waals surface area contributed by atoms with Crippen LogP contribution in [0.15, 0.2) is 30.3 Å². The van der Waals surface area contributed by atoms with Gasteiger partial charge in [-0.15, -0.1) is 0 Å². The second kappa shape index (κ2) is 7.63. The van der Waals surface area contributed by atoms with E-state index in [0.717, 1.165) is 12.0 Å². The average Bonchev–Trinajstić information content (AvgIpc) is 2.96. The largest absolute Gasteiger partial charge is 0.479 e. The number of ether oxygens (including phenoxy) is 3. The first kappa shape index (κ1) is 18.7. The number of amides is 1. The maximum Gasteiger partial charge on any atom is 0.412 e. The molecule has 7 nitrogen and oxygen atoms in total. The molecule has 0 radical (unpaired) electrons. The Kier molecular flexibility index (Phi) is 5.48. The van der Waals surface area contributed by atoms with Crippen molar-refractivity contribution in [2.75, 3.05) is 6.61 Å². The summed E-state index contributed by atoms with van der Waals surface area (Å²) in [5, 5.41) is 9.23. The summed E-state index contributed by atoms with van der Waals surface area (Å²) >= 11 is 0. The fourth-order valence-corrected chi connectivity index (χ4v) is 3.57. The van der Waals surface area contributed by atoms with Crippen LogP contribution in [0.5, 0.6) is 0 Å². The van der Waals surface area contributed by atoms with E-state index < -0.39 is 23.9 Å². The van der Waals surface area contributed by atoms with Crippen molar-refractivity contribution in [1.29, 1.82) is 0 Å². The predicted molar refractivity (Wildman–Crippen MR) is 92.4 cm³/mol. The van der Waals surface area contributed by atoms with E-state index in [1.54, 1.807) is 18.7 Å². The first-order valence-corrected chi connectivity index (χ1v) is 8.91. The molecule has 1 aromatic rings. The molecule has 2 aliphatic rings. The summed E-state index contributed by atoms with van der Waals surface area (Å²) in [6.45, 7) is 4.06. The standard InChI is InChI=1S/C19H25NO6/c1-19(2)20(18(23)24-11-13-7-4-3-5-8-13)14(12-25-19)15-9-6-10-16(26-15)17(21)22/h3-5,7-8,14-16H,6,9-12H2,1-2H3,(H,21,22)/t14-,15+,16-/m0/s1. The number of nitrogens with zero attached hydrogens (tertiary/aromatic N) is 1. The summed E-state index contributed by atoms with van der Waals surface area (Å²) < 4.78 is 17.0. The summed E-state index contributed by atoms with van der Waals surface area (Å²) in [5.74, 6) is -0.967. The van der Waals surface area contributed by atoms with E-state index in [1.165, 1.54) is 0 Å². The molecule has 0 aromatic heterocycles. The van der Waals surface area contributed by atoms with Crippen LogP contribution in [-0.4, -0.2) is 52.7 Å². The fraction of sp³-hybridized carbons (Fsp3) is 0.579. The van der Waals surface area contributed by atoms with E-state index >= 15 is 0 Å². The second-order valence-electron chi connectivity index (χ2n) is 7.17. The van der Waals surface area contributed by atoms with Crippen molar-refractivity contribution in [1.82, 2.24) is 4.90 Å². The summed E-state index contributed by atoms with van der Waals surface area (Å²) in [4.78, 5) is 25.6. The highest BCUT2D eigenvalue weighted by molar-refractivity contribution is 5.72. The number of carbonyl (C=O) groups is 2. The van der Waals surface area contributed by atoms with E-state index in [2.05, 4.69) is 0 Å². The zero-order chi connectivity index (χ0) is 18.7. The minimum absolute atomic E-state index is 0.169. The van der Waals surface area contributed by atoms with Crippen LogP contribution in [0.2, 0.25) is 0 Å². The van der Waals surface area contributed by atoms with Gasteiger partial charge in [0.25, 0.3) is 0 Å². The summed E-state index contributed by atoms with van der Waals surface area (Å²) in [5.41, 5.74) is 0.0630. The molecule has 7 heteroatoms. The highest BCUT2D eigenvalue weighted by Crippen LogP contribution is 2.34. The summed E-state index contributed by atoms with van der Waals surface area (Å²) in [6, 6.07) is 9.08. The minimum Gasteiger partial charge on any atom is -0.479 e. The van der Waals surface area contributed by atoms with Crippen LogP contribution in [0.1, 0.15) is 38.7 Å². The lowest BCUT2D eigenvalue weighted by Gasteiger charge is -2.38. The first-order chi connectivity index (χ1) is 12.4. The highest BCUT2D eigenvalue weighted by Gasteiger charge is 2.49. The molecule has 0 aliphatic carbocycles. The molecule has 2 fully saturated rings. The Morgan fingerprint density at radius 2 is 2.00 bits per heavy atom.